The van der Waals surface area contributed by atoms with Crippen LogP contribution in [-0.2, 0) is 11.2 Å². The summed E-state index contributed by atoms with van der Waals surface area (Å²) < 4.78 is 0. The summed E-state index contributed by atoms with van der Waals surface area (Å²) in [5.41, 5.74) is 2.27. The normalized spacial score (nSPS) is 28.8. The SMILES string of the molecule is CC1CCC(NCCN2C(=O)Cc3ccccc32)C(C)C1. The zero-order chi connectivity index (χ0) is 14.8. The molecule has 1 amide bonds. The number of carbonyl (C=O) groups is 1. The van der Waals surface area contributed by atoms with Crippen LogP contribution in [0.2, 0.25) is 0 Å². The monoisotopic (exact) mass is 286 g/mol. The maximum Gasteiger partial charge on any atom is 0.231 e. The number of anilines is 1. The molecule has 1 aromatic carbocycles. The van der Waals surface area contributed by atoms with Gasteiger partial charge in [0.2, 0.25) is 5.91 Å². The number of benzene rings is 1. The molecule has 1 heterocycles. The Labute approximate surface area is 127 Å². The maximum absolute atomic E-state index is 12.1. The van der Waals surface area contributed by atoms with Crippen molar-refractivity contribution in [2.45, 2.75) is 45.6 Å². The molecule has 1 N–H and O–H groups in total. The smallest absolute Gasteiger partial charge is 0.231 e. The minimum atomic E-state index is 0.239. The fraction of sp³-hybridized carbons (Fsp3) is 0.611. The number of nitrogens with zero attached hydrogens (tertiary/aromatic N) is 1. The molecule has 0 radical (unpaired) electrons. The molecule has 3 heteroatoms. The summed E-state index contributed by atoms with van der Waals surface area (Å²) in [6.07, 6.45) is 4.48. The van der Waals surface area contributed by atoms with E-state index < -0.39 is 0 Å². The fourth-order valence-electron chi connectivity index (χ4n) is 3.89. The van der Waals surface area contributed by atoms with E-state index in [2.05, 4.69) is 31.3 Å². The summed E-state index contributed by atoms with van der Waals surface area (Å²) >= 11 is 0. The van der Waals surface area contributed by atoms with E-state index in [1.54, 1.807) is 0 Å². The van der Waals surface area contributed by atoms with Crippen LogP contribution in [-0.4, -0.2) is 25.0 Å². The van der Waals surface area contributed by atoms with Crippen molar-refractivity contribution in [1.82, 2.24) is 5.32 Å². The van der Waals surface area contributed by atoms with Gasteiger partial charge in [-0.15, -0.1) is 0 Å². The van der Waals surface area contributed by atoms with Crippen LogP contribution < -0.4 is 10.2 Å². The second-order valence-electron chi connectivity index (χ2n) is 6.81. The third-order valence-corrected chi connectivity index (χ3v) is 5.10. The molecule has 3 rings (SSSR count). The number of fused-ring (bicyclic) bond motifs is 1. The molecule has 3 nitrogen and oxygen atoms in total. The third-order valence-electron chi connectivity index (χ3n) is 5.10. The number of amides is 1. The third kappa shape index (κ3) is 3.13. The molecule has 0 spiro atoms. The molecular formula is C18H26N2O. The van der Waals surface area contributed by atoms with Gasteiger partial charge in [-0.3, -0.25) is 4.79 Å². The molecule has 1 fully saturated rings. The van der Waals surface area contributed by atoms with Crippen LogP contribution in [0.4, 0.5) is 5.69 Å². The summed E-state index contributed by atoms with van der Waals surface area (Å²) in [6.45, 7) is 6.38. The lowest BCUT2D eigenvalue weighted by atomic mass is 9.80. The van der Waals surface area contributed by atoms with Gasteiger partial charge in [0.1, 0.15) is 0 Å². The minimum Gasteiger partial charge on any atom is -0.312 e. The largest absolute Gasteiger partial charge is 0.312 e. The van der Waals surface area contributed by atoms with Gasteiger partial charge in [0.25, 0.3) is 0 Å². The van der Waals surface area contributed by atoms with Crippen molar-refractivity contribution in [3.8, 4) is 0 Å². The molecule has 1 aliphatic carbocycles. The molecule has 1 saturated carbocycles. The van der Waals surface area contributed by atoms with Crippen molar-refractivity contribution in [1.29, 1.82) is 0 Å². The lowest BCUT2D eigenvalue weighted by Crippen LogP contribution is -2.43. The standard InChI is InChI=1S/C18H26N2O/c1-13-7-8-16(14(2)11-13)19-9-10-20-17-6-4-3-5-15(17)12-18(20)21/h3-6,13-14,16,19H,7-12H2,1-2H3. The number of hydrogen-bond donors (Lipinski definition) is 1. The maximum atomic E-state index is 12.1. The highest BCUT2D eigenvalue weighted by Crippen LogP contribution is 2.29. The Balaban J connectivity index is 1.53. The van der Waals surface area contributed by atoms with E-state index in [-0.39, 0.29) is 5.91 Å². The van der Waals surface area contributed by atoms with Crippen LogP contribution in [0.1, 0.15) is 38.7 Å². The van der Waals surface area contributed by atoms with Gasteiger partial charge in [0.15, 0.2) is 0 Å². The summed E-state index contributed by atoms with van der Waals surface area (Å²) in [5, 5.41) is 3.68. The van der Waals surface area contributed by atoms with Crippen LogP contribution in [0.25, 0.3) is 0 Å². The fourth-order valence-corrected chi connectivity index (χ4v) is 3.89. The second kappa shape index (κ2) is 6.18. The first-order valence-corrected chi connectivity index (χ1v) is 8.27. The zero-order valence-corrected chi connectivity index (χ0v) is 13.1. The highest BCUT2D eigenvalue weighted by atomic mass is 16.2. The lowest BCUT2D eigenvalue weighted by molar-refractivity contribution is -0.117. The molecule has 114 valence electrons. The first kappa shape index (κ1) is 14.6. The molecule has 3 unspecified atom stereocenters. The van der Waals surface area contributed by atoms with Crippen LogP contribution >= 0.6 is 0 Å². The molecule has 3 atom stereocenters. The number of hydrogen-bond acceptors (Lipinski definition) is 2. The van der Waals surface area contributed by atoms with Gasteiger partial charge in [-0.2, -0.15) is 0 Å². The Bertz CT molecular complexity index is 514. The number of para-hydroxylation sites is 1. The Hall–Kier alpha value is -1.35. The van der Waals surface area contributed by atoms with Gasteiger partial charge >= 0.3 is 0 Å². The minimum absolute atomic E-state index is 0.239. The molecule has 2 aliphatic rings. The Morgan fingerprint density at radius 2 is 2.05 bits per heavy atom. The molecule has 21 heavy (non-hydrogen) atoms. The van der Waals surface area contributed by atoms with Gasteiger partial charge in [0.05, 0.1) is 6.42 Å². The van der Waals surface area contributed by atoms with Crippen molar-refractivity contribution in [3.05, 3.63) is 29.8 Å². The van der Waals surface area contributed by atoms with Crippen molar-refractivity contribution < 1.29 is 4.79 Å². The van der Waals surface area contributed by atoms with Gasteiger partial charge in [-0.05, 0) is 42.7 Å². The van der Waals surface area contributed by atoms with Crippen LogP contribution in [0.15, 0.2) is 24.3 Å². The predicted octanol–water partition coefficient (Wildman–Crippen LogP) is 2.99. The van der Waals surface area contributed by atoms with Crippen molar-refractivity contribution in [2.24, 2.45) is 11.8 Å². The zero-order valence-electron chi connectivity index (χ0n) is 13.1. The van der Waals surface area contributed by atoms with Gasteiger partial charge in [-0.1, -0.05) is 32.0 Å². The number of carbonyl (C=O) groups excluding carboxylic acids is 1. The van der Waals surface area contributed by atoms with E-state index in [1.165, 1.54) is 24.8 Å². The van der Waals surface area contributed by atoms with E-state index >= 15 is 0 Å². The highest BCUT2D eigenvalue weighted by molar-refractivity contribution is 6.01. The van der Waals surface area contributed by atoms with Crippen LogP contribution in [0.3, 0.4) is 0 Å². The summed E-state index contributed by atoms with van der Waals surface area (Å²) in [4.78, 5) is 14.1. The lowest BCUT2D eigenvalue weighted by Gasteiger charge is -2.33. The van der Waals surface area contributed by atoms with Crippen molar-refractivity contribution >= 4 is 11.6 Å². The first-order chi connectivity index (χ1) is 10.1. The van der Waals surface area contributed by atoms with Gasteiger partial charge in [-0.25, -0.2) is 0 Å². The average Bonchev–Trinajstić information content (AvgIpc) is 2.77. The van der Waals surface area contributed by atoms with E-state index in [0.717, 1.165) is 30.6 Å². The Morgan fingerprint density at radius 1 is 1.24 bits per heavy atom. The Kier molecular flexibility index (Phi) is 4.29. The van der Waals surface area contributed by atoms with Crippen molar-refractivity contribution in [2.75, 3.05) is 18.0 Å². The molecular weight excluding hydrogens is 260 g/mol. The first-order valence-electron chi connectivity index (χ1n) is 8.27. The van der Waals surface area contributed by atoms with E-state index in [0.29, 0.717) is 12.5 Å². The summed E-state index contributed by atoms with van der Waals surface area (Å²) in [7, 11) is 0. The topological polar surface area (TPSA) is 32.3 Å². The van der Waals surface area contributed by atoms with Gasteiger partial charge in [0, 0.05) is 24.8 Å². The molecule has 0 aromatic heterocycles. The number of nitrogens with one attached hydrogen (secondary N) is 1. The highest BCUT2D eigenvalue weighted by Gasteiger charge is 2.28. The quantitative estimate of drug-likeness (QED) is 0.923. The Morgan fingerprint density at radius 3 is 2.86 bits per heavy atom. The van der Waals surface area contributed by atoms with Gasteiger partial charge < -0.3 is 10.2 Å². The van der Waals surface area contributed by atoms with E-state index in [1.807, 2.05) is 17.0 Å². The van der Waals surface area contributed by atoms with Crippen LogP contribution in [0.5, 0.6) is 0 Å². The molecule has 0 saturated heterocycles. The summed E-state index contributed by atoms with van der Waals surface area (Å²) in [5.74, 6) is 1.85. The van der Waals surface area contributed by atoms with Crippen LogP contribution in [0, 0.1) is 11.8 Å². The molecule has 0 bridgehead atoms. The van der Waals surface area contributed by atoms with Crippen molar-refractivity contribution in [3.63, 3.8) is 0 Å². The molecule has 1 aliphatic heterocycles. The summed E-state index contributed by atoms with van der Waals surface area (Å²) in [6, 6.07) is 8.77. The predicted molar refractivity (Wildman–Crippen MR) is 86.5 cm³/mol. The molecule has 1 aromatic rings. The van der Waals surface area contributed by atoms with E-state index in [4.69, 9.17) is 0 Å². The second-order valence-corrected chi connectivity index (χ2v) is 6.81. The number of rotatable bonds is 4. The average molecular weight is 286 g/mol. The van der Waals surface area contributed by atoms with E-state index in [9.17, 15) is 4.79 Å².